The molecule has 2 nitrogen and oxygen atoms in total. The maximum atomic E-state index is 12.6. The molecule has 6 heteroatoms. The lowest BCUT2D eigenvalue weighted by Gasteiger charge is -2.27. The van der Waals surface area contributed by atoms with Crippen LogP contribution in [0.3, 0.4) is 0 Å². The van der Waals surface area contributed by atoms with Gasteiger partial charge < -0.3 is 5.32 Å². The third-order valence-corrected chi connectivity index (χ3v) is 2.50. The molecule has 86 valence electrons. The lowest BCUT2D eigenvalue weighted by molar-refractivity contribution is -0.158. The van der Waals surface area contributed by atoms with Gasteiger partial charge in [0, 0.05) is 10.2 Å². The number of rotatable bonds is 2. The van der Waals surface area contributed by atoms with Gasteiger partial charge in [-0.1, -0.05) is 22.0 Å². The first-order valence-electron chi connectivity index (χ1n) is 4.30. The van der Waals surface area contributed by atoms with Crippen molar-refractivity contribution in [3.05, 3.63) is 28.7 Å². The fourth-order valence-corrected chi connectivity index (χ4v) is 1.42. The summed E-state index contributed by atoms with van der Waals surface area (Å²) in [5, 5.41) is 10.8. The Bertz CT molecular complexity index is 425. The highest BCUT2D eigenvalue weighted by molar-refractivity contribution is 9.10. The molecule has 0 heterocycles. The number of anilines is 1. The molecule has 0 radical (unpaired) electrons. The molecule has 0 spiro atoms. The van der Waals surface area contributed by atoms with E-state index in [1.807, 2.05) is 0 Å². The van der Waals surface area contributed by atoms with E-state index in [9.17, 15) is 13.2 Å². The highest BCUT2D eigenvalue weighted by Gasteiger charge is 2.52. The average molecular weight is 293 g/mol. The normalized spacial score (nSPS) is 15.0. The van der Waals surface area contributed by atoms with Crippen molar-refractivity contribution in [2.24, 2.45) is 0 Å². The molecule has 0 fully saturated rings. The van der Waals surface area contributed by atoms with Crippen LogP contribution in [0, 0.1) is 11.3 Å². The van der Waals surface area contributed by atoms with Gasteiger partial charge in [-0.3, -0.25) is 0 Å². The van der Waals surface area contributed by atoms with Crippen LogP contribution in [0.4, 0.5) is 18.9 Å². The summed E-state index contributed by atoms with van der Waals surface area (Å²) < 4.78 is 38.4. The molecule has 16 heavy (non-hydrogen) atoms. The molecule has 1 unspecified atom stereocenters. The summed E-state index contributed by atoms with van der Waals surface area (Å²) in [7, 11) is 0. The van der Waals surface area contributed by atoms with Crippen LogP contribution in [0.2, 0.25) is 0 Å². The predicted molar refractivity (Wildman–Crippen MR) is 57.8 cm³/mol. The number of benzene rings is 1. The van der Waals surface area contributed by atoms with Crippen LogP contribution in [0.1, 0.15) is 6.92 Å². The third kappa shape index (κ3) is 2.67. The van der Waals surface area contributed by atoms with E-state index < -0.39 is 11.7 Å². The fraction of sp³-hybridized carbons (Fsp3) is 0.300. The zero-order chi connectivity index (χ0) is 12.4. The second kappa shape index (κ2) is 4.34. The van der Waals surface area contributed by atoms with E-state index >= 15 is 0 Å². The number of nitrogens with one attached hydrogen (secondary N) is 1. The van der Waals surface area contributed by atoms with E-state index in [2.05, 4.69) is 21.2 Å². The molecule has 0 bridgehead atoms. The number of halogens is 4. The van der Waals surface area contributed by atoms with E-state index in [0.717, 1.165) is 6.92 Å². The molecule has 0 aliphatic rings. The van der Waals surface area contributed by atoms with E-state index in [1.54, 1.807) is 12.1 Å². The van der Waals surface area contributed by atoms with Gasteiger partial charge in [0.25, 0.3) is 0 Å². The van der Waals surface area contributed by atoms with Gasteiger partial charge in [-0.05, 0) is 25.1 Å². The number of alkyl halides is 3. The van der Waals surface area contributed by atoms with Gasteiger partial charge in [0.05, 0.1) is 0 Å². The van der Waals surface area contributed by atoms with E-state index in [-0.39, 0.29) is 5.69 Å². The summed E-state index contributed by atoms with van der Waals surface area (Å²) in [6.07, 6.45) is -4.63. The highest BCUT2D eigenvalue weighted by Crippen LogP contribution is 2.33. The Kier molecular flexibility index (Phi) is 3.48. The SMILES string of the molecule is CC(C#N)(Nc1cccc(Br)c1)C(F)(F)F. The van der Waals surface area contributed by atoms with Gasteiger partial charge in [-0.2, -0.15) is 18.4 Å². The molecule has 0 aliphatic carbocycles. The van der Waals surface area contributed by atoms with E-state index in [1.165, 1.54) is 18.2 Å². The molecule has 0 saturated heterocycles. The zero-order valence-electron chi connectivity index (χ0n) is 8.27. The van der Waals surface area contributed by atoms with Gasteiger partial charge in [-0.25, -0.2) is 0 Å². The summed E-state index contributed by atoms with van der Waals surface area (Å²) in [6.45, 7) is 0.800. The molecule has 0 aliphatic heterocycles. The first kappa shape index (κ1) is 12.8. The molecular formula is C10H8BrF3N2. The van der Waals surface area contributed by atoms with Crippen molar-refractivity contribution in [3.8, 4) is 6.07 Å². The Labute approximate surface area is 99.2 Å². The lowest BCUT2D eigenvalue weighted by atomic mass is 10.0. The van der Waals surface area contributed by atoms with Crippen molar-refractivity contribution < 1.29 is 13.2 Å². The highest BCUT2D eigenvalue weighted by atomic mass is 79.9. The molecule has 0 amide bonds. The monoisotopic (exact) mass is 292 g/mol. The molecular weight excluding hydrogens is 285 g/mol. The van der Waals surface area contributed by atoms with Gasteiger partial charge in [0.1, 0.15) is 6.07 Å². The topological polar surface area (TPSA) is 35.8 Å². The predicted octanol–water partition coefficient (Wildman–Crippen LogP) is 3.71. The lowest BCUT2D eigenvalue weighted by Crippen LogP contribution is -2.47. The van der Waals surface area contributed by atoms with Crippen molar-refractivity contribution in [3.63, 3.8) is 0 Å². The van der Waals surface area contributed by atoms with Crippen LogP contribution < -0.4 is 5.32 Å². The van der Waals surface area contributed by atoms with Crippen LogP contribution in [0.25, 0.3) is 0 Å². The van der Waals surface area contributed by atoms with E-state index in [4.69, 9.17) is 5.26 Å². The van der Waals surface area contributed by atoms with E-state index in [0.29, 0.717) is 4.47 Å². The smallest absolute Gasteiger partial charge is 0.360 e. The first-order valence-corrected chi connectivity index (χ1v) is 5.09. The second-order valence-electron chi connectivity index (χ2n) is 3.37. The van der Waals surface area contributed by atoms with Gasteiger partial charge >= 0.3 is 6.18 Å². The van der Waals surface area contributed by atoms with Crippen LogP contribution in [-0.2, 0) is 0 Å². The van der Waals surface area contributed by atoms with Crippen molar-refractivity contribution in [1.29, 1.82) is 5.26 Å². The summed E-state index contributed by atoms with van der Waals surface area (Å²) in [5.74, 6) is 0. The van der Waals surface area contributed by atoms with Crippen molar-refractivity contribution >= 4 is 21.6 Å². The molecule has 1 rings (SSSR count). The minimum Gasteiger partial charge on any atom is -0.360 e. The van der Waals surface area contributed by atoms with Crippen molar-refractivity contribution in [1.82, 2.24) is 0 Å². The summed E-state index contributed by atoms with van der Waals surface area (Å²) in [6, 6.07) is 7.44. The minimum atomic E-state index is -4.63. The van der Waals surface area contributed by atoms with Crippen LogP contribution in [0.15, 0.2) is 28.7 Å². The first-order chi connectivity index (χ1) is 7.28. The Hall–Kier alpha value is -1.22. The average Bonchev–Trinajstić information content (AvgIpc) is 2.15. The standard InChI is InChI=1S/C10H8BrF3N2/c1-9(6-15,10(12,13)14)16-8-4-2-3-7(11)5-8/h2-5,16H,1H3. The molecule has 0 aromatic heterocycles. The van der Waals surface area contributed by atoms with Crippen LogP contribution in [-0.4, -0.2) is 11.7 Å². The number of hydrogen-bond acceptors (Lipinski definition) is 2. The Balaban J connectivity index is 3.00. The molecule has 1 N–H and O–H groups in total. The Morgan fingerprint density at radius 2 is 2.00 bits per heavy atom. The second-order valence-corrected chi connectivity index (χ2v) is 4.29. The molecule has 1 aromatic carbocycles. The number of nitriles is 1. The summed E-state index contributed by atoms with van der Waals surface area (Å²) in [5.41, 5.74) is -2.36. The van der Waals surface area contributed by atoms with Gasteiger partial charge in [0.2, 0.25) is 5.54 Å². The molecule has 1 atom stereocenters. The quantitative estimate of drug-likeness (QED) is 0.902. The van der Waals surface area contributed by atoms with Crippen LogP contribution >= 0.6 is 15.9 Å². The fourth-order valence-electron chi connectivity index (χ4n) is 1.02. The largest absolute Gasteiger partial charge is 0.424 e. The van der Waals surface area contributed by atoms with Crippen molar-refractivity contribution in [2.45, 2.75) is 18.6 Å². The maximum absolute atomic E-state index is 12.6. The Morgan fingerprint density at radius 1 is 1.38 bits per heavy atom. The summed E-state index contributed by atoms with van der Waals surface area (Å²) >= 11 is 3.14. The number of nitrogens with zero attached hydrogens (tertiary/aromatic N) is 1. The van der Waals surface area contributed by atoms with Gasteiger partial charge in [0.15, 0.2) is 0 Å². The summed E-state index contributed by atoms with van der Waals surface area (Å²) in [4.78, 5) is 0. The van der Waals surface area contributed by atoms with Crippen molar-refractivity contribution in [2.75, 3.05) is 5.32 Å². The van der Waals surface area contributed by atoms with Crippen LogP contribution in [0.5, 0.6) is 0 Å². The number of hydrogen-bond donors (Lipinski definition) is 1. The Morgan fingerprint density at radius 3 is 2.44 bits per heavy atom. The molecule has 1 aromatic rings. The van der Waals surface area contributed by atoms with Gasteiger partial charge in [-0.15, -0.1) is 0 Å². The minimum absolute atomic E-state index is 0.232. The molecule has 0 saturated carbocycles. The third-order valence-electron chi connectivity index (χ3n) is 2.01. The maximum Gasteiger partial charge on any atom is 0.424 e. The zero-order valence-corrected chi connectivity index (χ0v) is 9.85.